The van der Waals surface area contributed by atoms with Crippen LogP contribution < -0.4 is 15.0 Å². The van der Waals surface area contributed by atoms with E-state index >= 15 is 0 Å². The van der Waals surface area contributed by atoms with Crippen LogP contribution in [0, 0.1) is 6.92 Å². The van der Waals surface area contributed by atoms with E-state index in [0.29, 0.717) is 11.4 Å². The Morgan fingerprint density at radius 2 is 1.88 bits per heavy atom. The summed E-state index contributed by atoms with van der Waals surface area (Å²) < 4.78 is 5.46. The van der Waals surface area contributed by atoms with Gasteiger partial charge in [0, 0.05) is 12.7 Å². The Balaban J connectivity index is 1.76. The fraction of sp³-hybridized carbons (Fsp3) is 0.300. The van der Waals surface area contributed by atoms with Crippen molar-refractivity contribution in [2.45, 2.75) is 26.2 Å². The second kappa shape index (κ2) is 6.24. The van der Waals surface area contributed by atoms with Gasteiger partial charge in [0.1, 0.15) is 5.75 Å². The number of hydrogen-bond acceptors (Lipinski definition) is 3. The summed E-state index contributed by atoms with van der Waals surface area (Å²) >= 11 is 0. The van der Waals surface area contributed by atoms with Crippen molar-refractivity contribution >= 4 is 23.2 Å². The number of anilines is 2. The molecule has 0 saturated carbocycles. The fourth-order valence-corrected chi connectivity index (χ4v) is 3.27. The summed E-state index contributed by atoms with van der Waals surface area (Å²) in [4.78, 5) is 26.3. The third-order valence-electron chi connectivity index (χ3n) is 4.55. The molecule has 0 aliphatic carbocycles. The fourth-order valence-electron chi connectivity index (χ4n) is 3.27. The predicted molar refractivity (Wildman–Crippen MR) is 98.2 cm³/mol. The maximum Gasteiger partial charge on any atom is 0.262 e. The molecule has 1 aliphatic heterocycles. The highest BCUT2D eigenvalue weighted by molar-refractivity contribution is 6.08. The minimum absolute atomic E-state index is 0.0569. The molecule has 0 unspecified atom stereocenters. The SMILES string of the molecule is Cc1cc(NC(=O)COc2ccccc2)cc2c1N(C)C(=O)C2(C)C. The van der Waals surface area contributed by atoms with Crippen molar-refractivity contribution in [3.8, 4) is 5.75 Å². The van der Waals surface area contributed by atoms with Crippen molar-refractivity contribution in [2.24, 2.45) is 0 Å². The van der Waals surface area contributed by atoms with Crippen LogP contribution in [0.4, 0.5) is 11.4 Å². The van der Waals surface area contributed by atoms with Gasteiger partial charge in [-0.1, -0.05) is 18.2 Å². The van der Waals surface area contributed by atoms with Crippen LogP contribution in [-0.2, 0) is 15.0 Å². The number of likely N-dealkylation sites (N-methyl/N-ethyl adjacent to an activating group) is 1. The first kappa shape index (κ1) is 17.0. The molecule has 2 aromatic rings. The molecule has 0 aromatic heterocycles. The first-order valence-electron chi connectivity index (χ1n) is 8.21. The van der Waals surface area contributed by atoms with Gasteiger partial charge >= 0.3 is 0 Å². The Labute approximate surface area is 147 Å². The lowest BCUT2D eigenvalue weighted by Gasteiger charge is -2.17. The third kappa shape index (κ3) is 3.09. The van der Waals surface area contributed by atoms with Crippen LogP contribution in [0.3, 0.4) is 0 Å². The number of ether oxygens (including phenoxy) is 1. The monoisotopic (exact) mass is 338 g/mol. The highest BCUT2D eigenvalue weighted by Gasteiger charge is 2.43. The van der Waals surface area contributed by atoms with E-state index in [1.807, 2.05) is 51.1 Å². The number of para-hydroxylation sites is 1. The van der Waals surface area contributed by atoms with E-state index in [2.05, 4.69) is 5.32 Å². The lowest BCUT2D eigenvalue weighted by Crippen LogP contribution is -2.33. The number of fused-ring (bicyclic) bond motifs is 1. The number of rotatable bonds is 4. The molecular formula is C20H22N2O3. The molecule has 0 atom stereocenters. The topological polar surface area (TPSA) is 58.6 Å². The number of amides is 2. The average molecular weight is 338 g/mol. The van der Waals surface area contributed by atoms with Gasteiger partial charge < -0.3 is 15.0 Å². The maximum absolute atomic E-state index is 12.4. The van der Waals surface area contributed by atoms with Crippen LogP contribution in [0.25, 0.3) is 0 Å². The lowest BCUT2D eigenvalue weighted by atomic mass is 9.85. The average Bonchev–Trinajstić information content (AvgIpc) is 2.75. The number of carbonyl (C=O) groups excluding carboxylic acids is 2. The Morgan fingerprint density at radius 3 is 2.56 bits per heavy atom. The Kier molecular flexibility index (Phi) is 4.25. The van der Waals surface area contributed by atoms with Crippen molar-refractivity contribution in [3.63, 3.8) is 0 Å². The summed E-state index contributed by atoms with van der Waals surface area (Å²) in [5.41, 5.74) is 2.89. The van der Waals surface area contributed by atoms with E-state index in [1.165, 1.54) is 0 Å². The zero-order chi connectivity index (χ0) is 18.2. The Morgan fingerprint density at radius 1 is 1.20 bits per heavy atom. The summed E-state index contributed by atoms with van der Waals surface area (Å²) in [5.74, 6) is 0.469. The van der Waals surface area contributed by atoms with Gasteiger partial charge in [0.05, 0.1) is 11.1 Å². The molecule has 2 aromatic carbocycles. The van der Waals surface area contributed by atoms with Crippen LogP contribution in [0.2, 0.25) is 0 Å². The maximum atomic E-state index is 12.4. The second-order valence-electron chi connectivity index (χ2n) is 6.83. The van der Waals surface area contributed by atoms with E-state index in [0.717, 1.165) is 16.8 Å². The number of hydrogen-bond donors (Lipinski definition) is 1. The van der Waals surface area contributed by atoms with Crippen molar-refractivity contribution in [3.05, 3.63) is 53.6 Å². The molecule has 0 spiro atoms. The number of benzene rings is 2. The number of aryl methyl sites for hydroxylation is 1. The van der Waals surface area contributed by atoms with E-state index in [-0.39, 0.29) is 18.4 Å². The first-order valence-corrected chi connectivity index (χ1v) is 8.21. The standard InChI is InChI=1S/C20H22N2O3/c1-13-10-14(11-16-18(13)22(4)19(24)20(16,2)3)21-17(23)12-25-15-8-6-5-7-9-15/h5-11H,12H2,1-4H3,(H,21,23). The molecule has 0 saturated heterocycles. The summed E-state index contributed by atoms with van der Waals surface area (Å²) in [7, 11) is 1.79. The molecule has 1 aliphatic rings. The van der Waals surface area contributed by atoms with Crippen LogP contribution in [0.1, 0.15) is 25.0 Å². The normalized spacial score (nSPS) is 15.0. The van der Waals surface area contributed by atoms with Gasteiger partial charge in [-0.15, -0.1) is 0 Å². The van der Waals surface area contributed by atoms with Crippen LogP contribution in [-0.4, -0.2) is 25.5 Å². The summed E-state index contributed by atoms with van der Waals surface area (Å²) in [5, 5.41) is 2.86. The van der Waals surface area contributed by atoms with Crippen LogP contribution in [0.5, 0.6) is 5.75 Å². The quantitative estimate of drug-likeness (QED) is 0.931. The smallest absolute Gasteiger partial charge is 0.262 e. The summed E-state index contributed by atoms with van der Waals surface area (Å²) in [6.07, 6.45) is 0. The molecule has 3 rings (SSSR count). The molecule has 0 radical (unpaired) electrons. The number of carbonyl (C=O) groups is 2. The van der Waals surface area contributed by atoms with E-state index in [9.17, 15) is 9.59 Å². The van der Waals surface area contributed by atoms with E-state index in [4.69, 9.17) is 4.74 Å². The zero-order valence-electron chi connectivity index (χ0n) is 14.9. The highest BCUT2D eigenvalue weighted by Crippen LogP contribution is 2.44. The molecule has 5 nitrogen and oxygen atoms in total. The molecule has 2 amide bonds. The van der Waals surface area contributed by atoms with Crippen molar-refractivity contribution in [2.75, 3.05) is 23.9 Å². The van der Waals surface area contributed by atoms with Gasteiger partial charge in [0.25, 0.3) is 5.91 Å². The number of nitrogens with zero attached hydrogens (tertiary/aromatic N) is 1. The molecule has 130 valence electrons. The van der Waals surface area contributed by atoms with Gasteiger partial charge in [0.2, 0.25) is 5.91 Å². The van der Waals surface area contributed by atoms with Gasteiger partial charge in [-0.25, -0.2) is 0 Å². The molecule has 1 heterocycles. The first-order chi connectivity index (χ1) is 11.8. The van der Waals surface area contributed by atoms with Gasteiger partial charge in [-0.05, 0) is 56.2 Å². The third-order valence-corrected chi connectivity index (χ3v) is 4.55. The largest absolute Gasteiger partial charge is 0.484 e. The lowest BCUT2D eigenvalue weighted by molar-refractivity contribution is -0.121. The van der Waals surface area contributed by atoms with Crippen molar-refractivity contribution in [1.82, 2.24) is 0 Å². The molecule has 5 heteroatoms. The van der Waals surface area contributed by atoms with Gasteiger partial charge in [-0.2, -0.15) is 0 Å². The molecule has 0 bridgehead atoms. The molecule has 1 N–H and O–H groups in total. The minimum atomic E-state index is -0.601. The van der Waals surface area contributed by atoms with Crippen LogP contribution in [0.15, 0.2) is 42.5 Å². The summed E-state index contributed by atoms with van der Waals surface area (Å²) in [6.45, 7) is 5.69. The van der Waals surface area contributed by atoms with Gasteiger partial charge in [0.15, 0.2) is 6.61 Å². The van der Waals surface area contributed by atoms with Crippen LogP contribution >= 0.6 is 0 Å². The second-order valence-corrected chi connectivity index (χ2v) is 6.83. The number of nitrogens with one attached hydrogen (secondary N) is 1. The van der Waals surface area contributed by atoms with E-state index < -0.39 is 5.41 Å². The predicted octanol–water partition coefficient (Wildman–Crippen LogP) is 3.27. The zero-order valence-corrected chi connectivity index (χ0v) is 14.9. The Bertz CT molecular complexity index is 828. The minimum Gasteiger partial charge on any atom is -0.484 e. The summed E-state index contributed by atoms with van der Waals surface area (Å²) in [6, 6.07) is 13.0. The van der Waals surface area contributed by atoms with Crippen molar-refractivity contribution < 1.29 is 14.3 Å². The highest BCUT2D eigenvalue weighted by atomic mass is 16.5. The molecular weight excluding hydrogens is 316 g/mol. The molecule has 0 fully saturated rings. The van der Waals surface area contributed by atoms with Crippen molar-refractivity contribution in [1.29, 1.82) is 0 Å². The molecule has 25 heavy (non-hydrogen) atoms. The van der Waals surface area contributed by atoms with E-state index in [1.54, 1.807) is 24.1 Å². The van der Waals surface area contributed by atoms with Gasteiger partial charge in [-0.3, -0.25) is 9.59 Å². The Hall–Kier alpha value is -2.82.